The summed E-state index contributed by atoms with van der Waals surface area (Å²) in [7, 11) is 1.61. The van der Waals surface area contributed by atoms with E-state index in [9.17, 15) is 4.79 Å². The predicted octanol–water partition coefficient (Wildman–Crippen LogP) is 3.15. The molecule has 1 saturated carbocycles. The Bertz CT molecular complexity index is 438. The third kappa shape index (κ3) is 2.91. The number of hydrogen-bond acceptors (Lipinski definition) is 2. The lowest BCUT2D eigenvalue weighted by atomic mass is 9.93. The summed E-state index contributed by atoms with van der Waals surface area (Å²) < 4.78 is 5.27. The second kappa shape index (κ2) is 4.57. The van der Waals surface area contributed by atoms with Crippen LogP contribution in [-0.4, -0.2) is 18.2 Å². The molecule has 0 atom stereocenters. The van der Waals surface area contributed by atoms with Gasteiger partial charge in [-0.3, -0.25) is 4.79 Å². The Morgan fingerprint density at radius 3 is 2.76 bits per heavy atom. The van der Waals surface area contributed by atoms with Crippen molar-refractivity contribution in [1.82, 2.24) is 0 Å². The number of rotatable bonds is 5. The van der Waals surface area contributed by atoms with Crippen molar-refractivity contribution < 1.29 is 14.6 Å². The highest BCUT2D eigenvalue weighted by atomic mass is 35.5. The van der Waals surface area contributed by atoms with Crippen molar-refractivity contribution in [3.05, 3.63) is 28.8 Å². The van der Waals surface area contributed by atoms with Crippen LogP contribution in [0.1, 0.15) is 24.8 Å². The molecule has 1 aliphatic rings. The van der Waals surface area contributed by atoms with Crippen LogP contribution in [-0.2, 0) is 11.2 Å². The number of aliphatic carboxylic acids is 1. The average molecular weight is 255 g/mol. The molecular weight excluding hydrogens is 240 g/mol. The van der Waals surface area contributed by atoms with Crippen LogP contribution in [0.5, 0.6) is 5.75 Å². The molecule has 0 aromatic heterocycles. The zero-order valence-corrected chi connectivity index (χ0v) is 10.5. The molecule has 17 heavy (non-hydrogen) atoms. The summed E-state index contributed by atoms with van der Waals surface area (Å²) in [6, 6.07) is 5.47. The average Bonchev–Trinajstić information content (AvgIpc) is 2.97. The summed E-state index contributed by atoms with van der Waals surface area (Å²) in [6.07, 6.45) is 2.88. The van der Waals surface area contributed by atoms with E-state index in [0.29, 0.717) is 5.02 Å². The van der Waals surface area contributed by atoms with Crippen LogP contribution in [0.4, 0.5) is 0 Å². The van der Waals surface area contributed by atoms with Crippen LogP contribution in [0.2, 0.25) is 5.02 Å². The van der Waals surface area contributed by atoms with E-state index in [4.69, 9.17) is 21.4 Å². The van der Waals surface area contributed by atoms with Gasteiger partial charge in [0.25, 0.3) is 0 Å². The molecule has 1 aromatic carbocycles. The Morgan fingerprint density at radius 2 is 2.24 bits per heavy atom. The van der Waals surface area contributed by atoms with Crippen LogP contribution < -0.4 is 4.74 Å². The second-order valence-electron chi connectivity index (χ2n) is 4.70. The van der Waals surface area contributed by atoms with Gasteiger partial charge >= 0.3 is 5.97 Å². The zero-order valence-electron chi connectivity index (χ0n) is 9.70. The summed E-state index contributed by atoms with van der Waals surface area (Å²) in [5.41, 5.74) is 0.919. The first-order chi connectivity index (χ1) is 8.04. The molecular formula is C13H15ClO3. The molecule has 0 unspecified atom stereocenters. The normalized spacial score (nSPS) is 16.6. The quantitative estimate of drug-likeness (QED) is 0.878. The third-order valence-electron chi connectivity index (χ3n) is 3.29. The number of ether oxygens (including phenoxy) is 1. The predicted molar refractivity (Wildman–Crippen MR) is 65.6 cm³/mol. The standard InChI is InChI=1S/C13H15ClO3/c1-17-11-3-2-10(14)6-9(11)7-13(4-5-13)8-12(15)16/h2-3,6H,4-5,7-8H2,1H3,(H,15,16). The van der Waals surface area contributed by atoms with E-state index in [1.807, 2.05) is 12.1 Å². The zero-order chi connectivity index (χ0) is 12.5. The van der Waals surface area contributed by atoms with Gasteiger partial charge in [-0.25, -0.2) is 0 Å². The second-order valence-corrected chi connectivity index (χ2v) is 5.14. The lowest BCUT2D eigenvalue weighted by molar-refractivity contribution is -0.138. The number of carboxylic acid groups (broad SMARTS) is 1. The number of methoxy groups -OCH3 is 1. The molecule has 1 aromatic rings. The van der Waals surface area contributed by atoms with E-state index in [1.54, 1.807) is 13.2 Å². The highest BCUT2D eigenvalue weighted by Gasteiger charge is 2.44. The van der Waals surface area contributed by atoms with Crippen molar-refractivity contribution in [2.75, 3.05) is 7.11 Å². The molecule has 2 rings (SSSR count). The first kappa shape index (κ1) is 12.2. The summed E-state index contributed by atoms with van der Waals surface area (Å²) in [4.78, 5) is 10.8. The smallest absolute Gasteiger partial charge is 0.303 e. The summed E-state index contributed by atoms with van der Waals surface area (Å²) in [6.45, 7) is 0. The number of hydrogen-bond donors (Lipinski definition) is 1. The van der Waals surface area contributed by atoms with Gasteiger partial charge in [0.2, 0.25) is 0 Å². The highest BCUT2D eigenvalue weighted by molar-refractivity contribution is 6.30. The monoisotopic (exact) mass is 254 g/mol. The van der Waals surface area contributed by atoms with E-state index in [0.717, 1.165) is 30.6 Å². The largest absolute Gasteiger partial charge is 0.496 e. The summed E-state index contributed by atoms with van der Waals surface area (Å²) in [5.74, 6) is 0.0505. The van der Waals surface area contributed by atoms with Crippen LogP contribution in [0.25, 0.3) is 0 Å². The number of carboxylic acids is 1. The molecule has 0 aliphatic heterocycles. The third-order valence-corrected chi connectivity index (χ3v) is 3.53. The topological polar surface area (TPSA) is 46.5 Å². The van der Waals surface area contributed by atoms with E-state index in [1.165, 1.54) is 0 Å². The molecule has 0 heterocycles. The molecule has 4 heteroatoms. The first-order valence-corrected chi connectivity index (χ1v) is 5.97. The van der Waals surface area contributed by atoms with Crippen molar-refractivity contribution in [2.24, 2.45) is 5.41 Å². The molecule has 0 bridgehead atoms. The highest BCUT2D eigenvalue weighted by Crippen LogP contribution is 2.52. The summed E-state index contributed by atoms with van der Waals surface area (Å²) >= 11 is 5.96. The molecule has 1 aliphatic carbocycles. The van der Waals surface area contributed by atoms with E-state index < -0.39 is 5.97 Å². The Labute approximate surface area is 105 Å². The minimum absolute atomic E-state index is 0.0796. The Morgan fingerprint density at radius 1 is 1.53 bits per heavy atom. The fraction of sp³-hybridized carbons (Fsp3) is 0.462. The molecule has 1 fully saturated rings. The number of carbonyl (C=O) groups is 1. The van der Waals surface area contributed by atoms with Gasteiger partial charge in [-0.15, -0.1) is 0 Å². The van der Waals surface area contributed by atoms with E-state index in [-0.39, 0.29) is 11.8 Å². The van der Waals surface area contributed by atoms with Crippen LogP contribution in [0, 0.1) is 5.41 Å². The number of benzene rings is 1. The lowest BCUT2D eigenvalue weighted by Crippen LogP contribution is -2.12. The number of halogens is 1. The molecule has 1 N–H and O–H groups in total. The maximum absolute atomic E-state index is 10.8. The molecule has 0 spiro atoms. The van der Waals surface area contributed by atoms with Gasteiger partial charge in [-0.1, -0.05) is 11.6 Å². The van der Waals surface area contributed by atoms with Crippen LogP contribution in [0.3, 0.4) is 0 Å². The van der Waals surface area contributed by atoms with Gasteiger partial charge in [-0.05, 0) is 48.4 Å². The molecule has 0 amide bonds. The molecule has 92 valence electrons. The van der Waals surface area contributed by atoms with Crippen LogP contribution in [0.15, 0.2) is 18.2 Å². The van der Waals surface area contributed by atoms with Gasteiger partial charge in [0.05, 0.1) is 13.5 Å². The van der Waals surface area contributed by atoms with Crippen molar-refractivity contribution in [2.45, 2.75) is 25.7 Å². The fourth-order valence-corrected chi connectivity index (χ4v) is 2.40. The van der Waals surface area contributed by atoms with Crippen molar-refractivity contribution in [1.29, 1.82) is 0 Å². The van der Waals surface area contributed by atoms with Crippen molar-refractivity contribution in [3.63, 3.8) is 0 Å². The fourth-order valence-electron chi connectivity index (χ4n) is 2.20. The molecule has 0 radical (unpaired) electrons. The molecule has 0 saturated heterocycles. The van der Waals surface area contributed by atoms with Gasteiger partial charge in [0, 0.05) is 5.02 Å². The lowest BCUT2D eigenvalue weighted by Gasteiger charge is -2.15. The Kier molecular flexibility index (Phi) is 3.29. The minimum Gasteiger partial charge on any atom is -0.496 e. The maximum atomic E-state index is 10.8. The van der Waals surface area contributed by atoms with Gasteiger partial charge < -0.3 is 9.84 Å². The van der Waals surface area contributed by atoms with Crippen LogP contribution >= 0.6 is 11.6 Å². The van der Waals surface area contributed by atoms with E-state index in [2.05, 4.69) is 0 Å². The molecule has 3 nitrogen and oxygen atoms in total. The van der Waals surface area contributed by atoms with Crippen molar-refractivity contribution >= 4 is 17.6 Å². The Hall–Kier alpha value is -1.22. The SMILES string of the molecule is COc1ccc(Cl)cc1CC1(CC(=O)O)CC1. The van der Waals surface area contributed by atoms with E-state index >= 15 is 0 Å². The summed E-state index contributed by atoms with van der Waals surface area (Å²) in [5, 5.41) is 9.55. The maximum Gasteiger partial charge on any atom is 0.303 e. The minimum atomic E-state index is -0.733. The van der Waals surface area contributed by atoms with Crippen molar-refractivity contribution in [3.8, 4) is 5.75 Å². The van der Waals surface area contributed by atoms with Gasteiger partial charge in [-0.2, -0.15) is 0 Å². The van der Waals surface area contributed by atoms with Gasteiger partial charge in [0.15, 0.2) is 0 Å². The van der Waals surface area contributed by atoms with Gasteiger partial charge in [0.1, 0.15) is 5.75 Å². The Balaban J connectivity index is 2.18. The first-order valence-electron chi connectivity index (χ1n) is 5.59.